The summed E-state index contributed by atoms with van der Waals surface area (Å²) in [5.41, 5.74) is 1.65. The van der Waals surface area contributed by atoms with Crippen molar-refractivity contribution in [3.63, 3.8) is 0 Å². The second-order valence-electron chi connectivity index (χ2n) is 8.38. The Hall–Kier alpha value is -3.38. The number of hydrogen-bond donors (Lipinski definition) is 1. The third-order valence-corrected chi connectivity index (χ3v) is 6.12. The normalized spacial score (nSPS) is 12.5. The summed E-state index contributed by atoms with van der Waals surface area (Å²) in [4.78, 5) is 28.4. The maximum Gasteiger partial charge on any atom is 0.261 e. The van der Waals surface area contributed by atoms with E-state index in [9.17, 15) is 14.0 Å². The lowest BCUT2D eigenvalue weighted by molar-refractivity contribution is -0.143. The molecule has 0 aliphatic carbocycles. The molecule has 0 aromatic heterocycles. The highest BCUT2D eigenvalue weighted by atomic mass is 35.5. The van der Waals surface area contributed by atoms with E-state index in [4.69, 9.17) is 16.3 Å². The van der Waals surface area contributed by atoms with E-state index in [0.29, 0.717) is 17.2 Å². The number of benzene rings is 3. The van der Waals surface area contributed by atoms with Crippen LogP contribution in [0.3, 0.4) is 0 Å². The maximum atomic E-state index is 13.5. The van der Waals surface area contributed by atoms with Crippen LogP contribution in [0, 0.1) is 5.82 Å². The minimum absolute atomic E-state index is 0.0477. The quantitative estimate of drug-likeness (QED) is 0.386. The van der Waals surface area contributed by atoms with Gasteiger partial charge in [-0.1, -0.05) is 67.1 Å². The summed E-state index contributed by atoms with van der Waals surface area (Å²) in [5, 5.41) is 3.52. The summed E-state index contributed by atoms with van der Waals surface area (Å²) >= 11 is 6.41. The summed E-state index contributed by atoms with van der Waals surface area (Å²) < 4.78 is 18.9. The van der Waals surface area contributed by atoms with Crippen molar-refractivity contribution in [3.05, 3.63) is 101 Å². The molecule has 35 heavy (non-hydrogen) atoms. The molecule has 184 valence electrons. The lowest BCUT2D eigenvalue weighted by Crippen LogP contribution is -2.53. The van der Waals surface area contributed by atoms with Gasteiger partial charge in [-0.15, -0.1) is 0 Å². The van der Waals surface area contributed by atoms with Gasteiger partial charge in [0, 0.05) is 24.0 Å². The van der Waals surface area contributed by atoms with Crippen LogP contribution in [0.5, 0.6) is 5.75 Å². The number of hydrogen-bond acceptors (Lipinski definition) is 3. The summed E-state index contributed by atoms with van der Waals surface area (Å²) in [5.74, 6) is -0.658. The SMILES string of the molecule is CC[C@H](C)NC(=O)[C@@H](Cc1ccccc1)N(Cc1ccccc1Cl)C(=O)COc1ccc(F)cc1. The molecule has 0 unspecified atom stereocenters. The van der Waals surface area contributed by atoms with Gasteiger partial charge in [-0.2, -0.15) is 0 Å². The molecular weight excluding hydrogens is 467 g/mol. The van der Waals surface area contributed by atoms with Crippen LogP contribution in [0.2, 0.25) is 5.02 Å². The standard InChI is InChI=1S/C28H30ClFN2O3/c1-3-20(2)31-28(34)26(17-21-9-5-4-6-10-21)32(18-22-11-7-8-12-25(22)29)27(33)19-35-24-15-13-23(30)14-16-24/h4-16,20,26H,3,17-19H2,1-2H3,(H,31,34)/t20-,26+/m0/s1. The van der Waals surface area contributed by atoms with E-state index in [1.165, 1.54) is 29.2 Å². The number of nitrogens with zero attached hydrogens (tertiary/aromatic N) is 1. The Kier molecular flexibility index (Phi) is 9.67. The predicted octanol–water partition coefficient (Wildman–Crippen LogP) is 5.41. The number of carbonyl (C=O) groups excluding carboxylic acids is 2. The molecular formula is C28H30ClFN2O3. The highest BCUT2D eigenvalue weighted by molar-refractivity contribution is 6.31. The molecule has 3 rings (SSSR count). The highest BCUT2D eigenvalue weighted by Gasteiger charge is 2.31. The van der Waals surface area contributed by atoms with E-state index in [1.54, 1.807) is 6.07 Å². The maximum absolute atomic E-state index is 13.5. The fraction of sp³-hybridized carbons (Fsp3) is 0.286. The van der Waals surface area contributed by atoms with E-state index in [1.807, 2.05) is 62.4 Å². The monoisotopic (exact) mass is 496 g/mol. The number of halogens is 2. The number of ether oxygens (including phenoxy) is 1. The Morgan fingerprint density at radius 2 is 1.66 bits per heavy atom. The fourth-order valence-electron chi connectivity index (χ4n) is 3.56. The second-order valence-corrected chi connectivity index (χ2v) is 8.79. The second kappa shape index (κ2) is 12.9. The molecule has 1 N–H and O–H groups in total. The van der Waals surface area contributed by atoms with Crippen LogP contribution < -0.4 is 10.1 Å². The smallest absolute Gasteiger partial charge is 0.261 e. The van der Waals surface area contributed by atoms with Gasteiger partial charge in [0.1, 0.15) is 17.6 Å². The van der Waals surface area contributed by atoms with Crippen molar-refractivity contribution in [2.75, 3.05) is 6.61 Å². The van der Waals surface area contributed by atoms with Gasteiger partial charge in [0.05, 0.1) is 0 Å². The van der Waals surface area contributed by atoms with Crippen molar-refractivity contribution in [2.45, 2.75) is 45.3 Å². The van der Waals surface area contributed by atoms with Gasteiger partial charge in [-0.3, -0.25) is 9.59 Å². The zero-order valence-corrected chi connectivity index (χ0v) is 20.7. The number of amides is 2. The van der Waals surface area contributed by atoms with Crippen LogP contribution in [0.4, 0.5) is 4.39 Å². The first kappa shape index (κ1) is 26.2. The van der Waals surface area contributed by atoms with Crippen LogP contribution in [0.25, 0.3) is 0 Å². The third-order valence-electron chi connectivity index (χ3n) is 5.75. The van der Waals surface area contributed by atoms with Crippen molar-refractivity contribution in [2.24, 2.45) is 0 Å². The molecule has 0 fully saturated rings. The van der Waals surface area contributed by atoms with Gasteiger partial charge in [-0.05, 0) is 54.8 Å². The van der Waals surface area contributed by atoms with Gasteiger partial charge in [0.2, 0.25) is 5.91 Å². The Morgan fingerprint density at radius 1 is 1.00 bits per heavy atom. The van der Waals surface area contributed by atoms with E-state index < -0.39 is 11.9 Å². The number of carbonyl (C=O) groups is 2. The summed E-state index contributed by atoms with van der Waals surface area (Å²) in [7, 11) is 0. The van der Waals surface area contributed by atoms with Gasteiger partial charge < -0.3 is 15.0 Å². The Labute approximate surface area is 210 Å². The molecule has 0 heterocycles. The van der Waals surface area contributed by atoms with Gasteiger partial charge in [0.25, 0.3) is 5.91 Å². The molecule has 2 amide bonds. The van der Waals surface area contributed by atoms with E-state index in [2.05, 4.69) is 5.32 Å². The van der Waals surface area contributed by atoms with Gasteiger partial charge in [-0.25, -0.2) is 4.39 Å². The molecule has 0 bridgehead atoms. The third kappa shape index (κ3) is 7.82. The molecule has 0 saturated heterocycles. The molecule has 2 atom stereocenters. The van der Waals surface area contributed by atoms with Gasteiger partial charge >= 0.3 is 0 Å². The Morgan fingerprint density at radius 3 is 2.31 bits per heavy atom. The Balaban J connectivity index is 1.91. The highest BCUT2D eigenvalue weighted by Crippen LogP contribution is 2.21. The van der Waals surface area contributed by atoms with E-state index in [0.717, 1.165) is 17.5 Å². The van der Waals surface area contributed by atoms with Crippen LogP contribution in [0.15, 0.2) is 78.9 Å². The lowest BCUT2D eigenvalue weighted by Gasteiger charge is -2.32. The number of rotatable bonds is 11. The average Bonchev–Trinajstić information content (AvgIpc) is 2.87. The first-order chi connectivity index (χ1) is 16.9. The molecule has 0 spiro atoms. The first-order valence-corrected chi connectivity index (χ1v) is 12.0. The van der Waals surface area contributed by atoms with Crippen molar-refractivity contribution in [1.82, 2.24) is 10.2 Å². The average molecular weight is 497 g/mol. The molecule has 0 aliphatic rings. The minimum atomic E-state index is -0.785. The molecule has 5 nitrogen and oxygen atoms in total. The van der Waals surface area contributed by atoms with Crippen molar-refractivity contribution < 1.29 is 18.7 Å². The summed E-state index contributed by atoms with van der Waals surface area (Å²) in [6.45, 7) is 3.74. The lowest BCUT2D eigenvalue weighted by atomic mass is 10.0. The zero-order valence-electron chi connectivity index (χ0n) is 19.9. The zero-order chi connectivity index (χ0) is 25.2. The van der Waals surface area contributed by atoms with Crippen LogP contribution in [0.1, 0.15) is 31.4 Å². The molecule has 0 aliphatic heterocycles. The molecule has 0 radical (unpaired) electrons. The molecule has 0 saturated carbocycles. The van der Waals surface area contributed by atoms with Crippen LogP contribution in [-0.2, 0) is 22.6 Å². The fourth-order valence-corrected chi connectivity index (χ4v) is 3.76. The number of nitrogens with one attached hydrogen (secondary N) is 1. The molecule has 3 aromatic rings. The minimum Gasteiger partial charge on any atom is -0.484 e. The van der Waals surface area contributed by atoms with Crippen LogP contribution in [-0.4, -0.2) is 35.4 Å². The van der Waals surface area contributed by atoms with E-state index in [-0.39, 0.29) is 31.0 Å². The molecule has 7 heteroatoms. The summed E-state index contributed by atoms with van der Waals surface area (Å²) in [6.07, 6.45) is 1.09. The topological polar surface area (TPSA) is 58.6 Å². The summed E-state index contributed by atoms with van der Waals surface area (Å²) in [6, 6.07) is 21.4. The van der Waals surface area contributed by atoms with Gasteiger partial charge in [0.15, 0.2) is 6.61 Å². The first-order valence-electron chi connectivity index (χ1n) is 11.6. The Bertz CT molecular complexity index is 1110. The van der Waals surface area contributed by atoms with Crippen molar-refractivity contribution in [3.8, 4) is 5.75 Å². The van der Waals surface area contributed by atoms with Crippen LogP contribution >= 0.6 is 11.6 Å². The largest absolute Gasteiger partial charge is 0.484 e. The van der Waals surface area contributed by atoms with E-state index >= 15 is 0 Å². The van der Waals surface area contributed by atoms with Crippen molar-refractivity contribution in [1.29, 1.82) is 0 Å². The predicted molar refractivity (Wildman–Crippen MR) is 136 cm³/mol. The molecule has 3 aromatic carbocycles. The van der Waals surface area contributed by atoms with Crippen molar-refractivity contribution >= 4 is 23.4 Å².